The normalized spacial score (nSPS) is 18.9. The number of hydrogen-bond donors (Lipinski definition) is 0. The van der Waals surface area contributed by atoms with Crippen LogP contribution in [-0.4, -0.2) is 35.0 Å². The van der Waals surface area contributed by atoms with Gasteiger partial charge in [-0.3, -0.25) is 4.79 Å². The Kier molecular flexibility index (Phi) is 4.61. The van der Waals surface area contributed by atoms with Gasteiger partial charge in [0.1, 0.15) is 11.1 Å². The molecule has 1 fully saturated rings. The summed E-state index contributed by atoms with van der Waals surface area (Å²) in [5.74, 6) is -0.0203. The lowest BCUT2D eigenvalue weighted by atomic mass is 10.3. The number of likely N-dealkylation sites (tertiary alicyclic amines) is 1. The molecule has 2 rings (SSSR count). The van der Waals surface area contributed by atoms with Crippen LogP contribution in [0.1, 0.15) is 25.3 Å². The number of ether oxygens (including phenoxy) is 1. The van der Waals surface area contributed by atoms with Crippen molar-refractivity contribution in [1.82, 2.24) is 9.88 Å². The van der Waals surface area contributed by atoms with E-state index in [1.165, 1.54) is 0 Å². The van der Waals surface area contributed by atoms with Crippen molar-refractivity contribution in [3.63, 3.8) is 0 Å². The SMILES string of the molecule is CCC(=O)N1CCC(Oc2ncc(C(F)(F)F)cc2Cl)C1. The van der Waals surface area contributed by atoms with Gasteiger partial charge in [0.15, 0.2) is 0 Å². The second kappa shape index (κ2) is 6.09. The first-order valence-electron chi connectivity index (χ1n) is 6.48. The van der Waals surface area contributed by atoms with E-state index in [-0.39, 0.29) is 22.9 Å². The monoisotopic (exact) mass is 322 g/mol. The maximum absolute atomic E-state index is 12.5. The van der Waals surface area contributed by atoms with Crippen molar-refractivity contribution in [2.24, 2.45) is 0 Å². The zero-order chi connectivity index (χ0) is 15.6. The summed E-state index contributed by atoms with van der Waals surface area (Å²) >= 11 is 5.77. The van der Waals surface area contributed by atoms with E-state index in [0.717, 1.165) is 6.07 Å². The maximum atomic E-state index is 12.5. The van der Waals surface area contributed by atoms with Crippen LogP contribution in [0.15, 0.2) is 12.3 Å². The van der Waals surface area contributed by atoms with Crippen LogP contribution in [0.25, 0.3) is 0 Å². The molecule has 1 aliphatic rings. The van der Waals surface area contributed by atoms with Crippen LogP contribution in [0, 0.1) is 0 Å². The van der Waals surface area contributed by atoms with Gasteiger partial charge in [0.05, 0.1) is 12.1 Å². The van der Waals surface area contributed by atoms with E-state index in [4.69, 9.17) is 16.3 Å². The molecule has 116 valence electrons. The summed E-state index contributed by atoms with van der Waals surface area (Å²) in [6.45, 7) is 2.73. The van der Waals surface area contributed by atoms with Gasteiger partial charge < -0.3 is 9.64 Å². The van der Waals surface area contributed by atoms with Crippen molar-refractivity contribution < 1.29 is 22.7 Å². The quantitative estimate of drug-likeness (QED) is 0.858. The molecule has 0 spiro atoms. The Morgan fingerprint density at radius 2 is 2.29 bits per heavy atom. The van der Waals surface area contributed by atoms with Crippen LogP contribution in [-0.2, 0) is 11.0 Å². The van der Waals surface area contributed by atoms with Crippen molar-refractivity contribution in [2.45, 2.75) is 32.0 Å². The predicted octanol–water partition coefficient (Wildman–Crippen LogP) is 3.14. The molecular weight excluding hydrogens is 309 g/mol. The van der Waals surface area contributed by atoms with Crippen molar-refractivity contribution in [3.8, 4) is 5.88 Å². The molecular formula is C13H14ClF3N2O2. The van der Waals surface area contributed by atoms with Crippen molar-refractivity contribution in [3.05, 3.63) is 22.8 Å². The second-order valence-electron chi connectivity index (χ2n) is 4.73. The van der Waals surface area contributed by atoms with Crippen LogP contribution >= 0.6 is 11.6 Å². The number of alkyl halides is 3. The topological polar surface area (TPSA) is 42.4 Å². The number of halogens is 4. The summed E-state index contributed by atoms with van der Waals surface area (Å²) in [7, 11) is 0. The highest BCUT2D eigenvalue weighted by Crippen LogP contribution is 2.33. The molecule has 21 heavy (non-hydrogen) atoms. The van der Waals surface area contributed by atoms with Gasteiger partial charge in [0.25, 0.3) is 0 Å². The molecule has 0 aliphatic carbocycles. The third-order valence-electron chi connectivity index (χ3n) is 3.21. The molecule has 0 radical (unpaired) electrons. The number of carbonyl (C=O) groups is 1. The van der Waals surface area contributed by atoms with Crippen molar-refractivity contribution in [1.29, 1.82) is 0 Å². The number of pyridine rings is 1. The first kappa shape index (κ1) is 15.9. The average molecular weight is 323 g/mol. The molecule has 1 aliphatic heterocycles. The fourth-order valence-corrected chi connectivity index (χ4v) is 2.31. The number of aromatic nitrogens is 1. The molecule has 1 saturated heterocycles. The Bertz CT molecular complexity index is 537. The molecule has 1 unspecified atom stereocenters. The minimum Gasteiger partial charge on any atom is -0.471 e. The first-order chi connectivity index (χ1) is 9.81. The van der Waals surface area contributed by atoms with Crippen LogP contribution in [0.5, 0.6) is 5.88 Å². The summed E-state index contributed by atoms with van der Waals surface area (Å²) < 4.78 is 43.0. The van der Waals surface area contributed by atoms with Gasteiger partial charge in [0, 0.05) is 25.6 Å². The van der Waals surface area contributed by atoms with Gasteiger partial charge in [-0.05, 0) is 6.07 Å². The Balaban J connectivity index is 2.03. The van der Waals surface area contributed by atoms with E-state index in [1.807, 2.05) is 0 Å². The number of rotatable bonds is 3. The third-order valence-corrected chi connectivity index (χ3v) is 3.48. The van der Waals surface area contributed by atoms with Gasteiger partial charge in [-0.2, -0.15) is 13.2 Å². The molecule has 0 aromatic carbocycles. The molecule has 1 aromatic rings. The number of carbonyl (C=O) groups excluding carboxylic acids is 1. The molecule has 4 nitrogen and oxygen atoms in total. The molecule has 1 amide bonds. The molecule has 2 heterocycles. The van der Waals surface area contributed by atoms with E-state index in [9.17, 15) is 18.0 Å². The summed E-state index contributed by atoms with van der Waals surface area (Å²) in [6, 6.07) is 0.786. The second-order valence-corrected chi connectivity index (χ2v) is 5.14. The summed E-state index contributed by atoms with van der Waals surface area (Å²) in [4.78, 5) is 16.8. The highest BCUT2D eigenvalue weighted by atomic mass is 35.5. The zero-order valence-electron chi connectivity index (χ0n) is 11.3. The first-order valence-corrected chi connectivity index (χ1v) is 6.86. The maximum Gasteiger partial charge on any atom is 0.417 e. The van der Waals surface area contributed by atoms with Crippen LogP contribution in [0.3, 0.4) is 0 Å². The Morgan fingerprint density at radius 1 is 1.57 bits per heavy atom. The lowest BCUT2D eigenvalue weighted by molar-refractivity contribution is -0.138. The number of nitrogens with zero attached hydrogens (tertiary/aromatic N) is 2. The third kappa shape index (κ3) is 3.78. The van der Waals surface area contributed by atoms with E-state index < -0.39 is 11.7 Å². The molecule has 0 bridgehead atoms. The lowest BCUT2D eigenvalue weighted by Crippen LogP contribution is -2.30. The fourth-order valence-electron chi connectivity index (χ4n) is 2.10. The lowest BCUT2D eigenvalue weighted by Gasteiger charge is -2.17. The zero-order valence-corrected chi connectivity index (χ0v) is 12.0. The summed E-state index contributed by atoms with van der Waals surface area (Å²) in [6.07, 6.45) is -3.10. The largest absolute Gasteiger partial charge is 0.471 e. The Hall–Kier alpha value is -1.50. The molecule has 8 heteroatoms. The highest BCUT2D eigenvalue weighted by molar-refractivity contribution is 6.31. The predicted molar refractivity (Wildman–Crippen MR) is 70.2 cm³/mol. The van der Waals surface area contributed by atoms with Gasteiger partial charge >= 0.3 is 6.18 Å². The van der Waals surface area contributed by atoms with Crippen molar-refractivity contribution >= 4 is 17.5 Å². The minimum absolute atomic E-state index is 0.0209. The van der Waals surface area contributed by atoms with Crippen LogP contribution in [0.2, 0.25) is 5.02 Å². The van der Waals surface area contributed by atoms with Crippen LogP contribution < -0.4 is 4.74 Å². The van der Waals surface area contributed by atoms with E-state index in [1.54, 1.807) is 11.8 Å². The van der Waals surface area contributed by atoms with Crippen LogP contribution in [0.4, 0.5) is 13.2 Å². The highest BCUT2D eigenvalue weighted by Gasteiger charge is 2.32. The average Bonchev–Trinajstić information content (AvgIpc) is 2.87. The molecule has 1 atom stereocenters. The van der Waals surface area contributed by atoms with E-state index in [2.05, 4.69) is 4.98 Å². The Morgan fingerprint density at radius 3 is 2.86 bits per heavy atom. The number of amides is 1. The Labute approximate surface area is 124 Å². The molecule has 1 aromatic heterocycles. The smallest absolute Gasteiger partial charge is 0.417 e. The number of hydrogen-bond acceptors (Lipinski definition) is 3. The van der Waals surface area contributed by atoms with Gasteiger partial charge in [0.2, 0.25) is 11.8 Å². The van der Waals surface area contributed by atoms with Crippen molar-refractivity contribution in [2.75, 3.05) is 13.1 Å². The molecule has 0 N–H and O–H groups in total. The summed E-state index contributed by atoms with van der Waals surface area (Å²) in [5.41, 5.74) is -0.922. The van der Waals surface area contributed by atoms with Gasteiger partial charge in [-0.25, -0.2) is 4.98 Å². The molecule has 0 saturated carbocycles. The van der Waals surface area contributed by atoms with Gasteiger partial charge in [-0.1, -0.05) is 18.5 Å². The summed E-state index contributed by atoms with van der Waals surface area (Å²) in [5, 5.41) is -0.190. The van der Waals surface area contributed by atoms with E-state index >= 15 is 0 Å². The van der Waals surface area contributed by atoms with Gasteiger partial charge in [-0.15, -0.1) is 0 Å². The minimum atomic E-state index is -4.49. The fraction of sp³-hybridized carbons (Fsp3) is 0.538. The standard InChI is InChI=1S/C13H14ClF3N2O2/c1-2-11(20)19-4-3-9(7-19)21-12-10(14)5-8(6-18-12)13(15,16)17/h5-6,9H,2-4,7H2,1H3. The van der Waals surface area contributed by atoms with E-state index in [0.29, 0.717) is 32.1 Å².